The Balaban J connectivity index is 0.000000151. The highest BCUT2D eigenvalue weighted by Crippen LogP contribution is 2.18. The Morgan fingerprint density at radius 3 is 2.19 bits per heavy atom. The Morgan fingerprint density at radius 1 is 1.00 bits per heavy atom. The summed E-state index contributed by atoms with van der Waals surface area (Å²) in [5, 5.41) is 9.97. The van der Waals surface area contributed by atoms with Crippen LogP contribution in [-0.2, 0) is 9.59 Å². The van der Waals surface area contributed by atoms with Crippen LogP contribution in [0.2, 0.25) is 0 Å². The molecule has 0 radical (unpaired) electrons. The quantitative estimate of drug-likeness (QED) is 0.848. The molecule has 2 amide bonds. The third-order valence-corrected chi connectivity index (χ3v) is 5.03. The van der Waals surface area contributed by atoms with Gasteiger partial charge in [-0.15, -0.1) is 11.3 Å². The summed E-state index contributed by atoms with van der Waals surface area (Å²) in [6.07, 6.45) is 2.98. The molecule has 0 spiro atoms. The van der Waals surface area contributed by atoms with E-state index in [2.05, 4.69) is 21.1 Å². The van der Waals surface area contributed by atoms with Crippen LogP contribution in [0, 0.1) is 11.8 Å². The predicted molar refractivity (Wildman–Crippen MR) is 99.9 cm³/mol. The van der Waals surface area contributed by atoms with Gasteiger partial charge in [0.25, 0.3) is 0 Å². The number of hydrogen-bond donors (Lipinski definition) is 2. The molecule has 2 unspecified atom stereocenters. The number of furan rings is 1. The van der Waals surface area contributed by atoms with Crippen molar-refractivity contribution in [3.63, 3.8) is 0 Å². The molecule has 2 aliphatic rings. The molecule has 0 fully saturated rings. The number of carbonyl (C=O) groups is 2. The standard InChI is InChI=1S/C9H10N2O2.C9H10N2OS/c2*1-6-5-7(10-11-9(6)12)8-3-2-4-13-8/h2*2-4,6H,5H2,1H3,(H,11,12). The number of nitrogens with one attached hydrogen (secondary N) is 2. The van der Waals surface area contributed by atoms with Gasteiger partial charge in [-0.25, -0.2) is 10.9 Å². The Hall–Kier alpha value is -2.74. The second-order valence-electron chi connectivity index (χ2n) is 6.23. The minimum Gasteiger partial charge on any atom is -0.463 e. The molecule has 2 aromatic heterocycles. The number of hydrogen-bond acceptors (Lipinski definition) is 6. The summed E-state index contributed by atoms with van der Waals surface area (Å²) in [4.78, 5) is 23.3. The SMILES string of the molecule is CC1CC(c2ccco2)=NNC1=O.CC1CC(c2cccs2)=NNC1=O. The molecule has 4 heterocycles. The van der Waals surface area contributed by atoms with Gasteiger partial charge >= 0.3 is 0 Å². The van der Waals surface area contributed by atoms with Crippen LogP contribution in [-0.4, -0.2) is 23.2 Å². The molecule has 0 bridgehead atoms. The van der Waals surface area contributed by atoms with Crippen LogP contribution in [0.1, 0.15) is 37.3 Å². The van der Waals surface area contributed by atoms with Crippen LogP contribution in [0.4, 0.5) is 0 Å². The van der Waals surface area contributed by atoms with Crippen LogP contribution >= 0.6 is 11.3 Å². The van der Waals surface area contributed by atoms with Gasteiger partial charge in [-0.1, -0.05) is 19.9 Å². The normalized spacial score (nSPS) is 22.4. The van der Waals surface area contributed by atoms with Gasteiger partial charge in [-0.2, -0.15) is 10.2 Å². The van der Waals surface area contributed by atoms with Crippen molar-refractivity contribution in [1.82, 2.24) is 10.9 Å². The van der Waals surface area contributed by atoms with Crippen LogP contribution < -0.4 is 10.9 Å². The lowest BCUT2D eigenvalue weighted by molar-refractivity contribution is -0.125. The molecule has 2 aromatic rings. The van der Waals surface area contributed by atoms with E-state index in [1.165, 1.54) is 0 Å². The Kier molecular flexibility index (Phi) is 5.62. The van der Waals surface area contributed by atoms with Gasteiger partial charge < -0.3 is 4.42 Å². The first-order valence-electron chi connectivity index (χ1n) is 8.35. The summed E-state index contributed by atoms with van der Waals surface area (Å²) < 4.78 is 5.17. The van der Waals surface area contributed by atoms with E-state index in [-0.39, 0.29) is 23.7 Å². The largest absolute Gasteiger partial charge is 0.463 e. The second-order valence-corrected chi connectivity index (χ2v) is 7.18. The number of nitrogens with zero attached hydrogens (tertiary/aromatic N) is 2. The zero-order valence-electron chi connectivity index (χ0n) is 14.6. The smallest absolute Gasteiger partial charge is 0.243 e. The highest BCUT2D eigenvalue weighted by atomic mass is 32.1. The van der Waals surface area contributed by atoms with Crippen molar-refractivity contribution in [1.29, 1.82) is 0 Å². The number of amides is 2. The third-order valence-electron chi connectivity index (χ3n) is 4.11. The molecular formula is C18H20N4O3S. The van der Waals surface area contributed by atoms with E-state index < -0.39 is 0 Å². The number of carbonyl (C=O) groups excluding carboxylic acids is 2. The van der Waals surface area contributed by atoms with Gasteiger partial charge in [0.2, 0.25) is 11.8 Å². The van der Waals surface area contributed by atoms with E-state index in [1.807, 2.05) is 37.4 Å². The molecule has 7 nitrogen and oxygen atoms in total. The van der Waals surface area contributed by atoms with E-state index in [1.54, 1.807) is 23.7 Å². The Bertz CT molecular complexity index is 755. The number of rotatable bonds is 2. The van der Waals surface area contributed by atoms with Crippen molar-refractivity contribution in [2.24, 2.45) is 22.0 Å². The molecule has 2 aliphatic heterocycles. The first kappa shape index (κ1) is 18.1. The molecule has 136 valence electrons. The van der Waals surface area contributed by atoms with Crippen LogP contribution in [0.15, 0.2) is 50.5 Å². The van der Waals surface area contributed by atoms with Gasteiger partial charge in [0.1, 0.15) is 11.5 Å². The topological polar surface area (TPSA) is 96.1 Å². The minimum atomic E-state index is -0.0321. The highest BCUT2D eigenvalue weighted by Gasteiger charge is 2.22. The van der Waals surface area contributed by atoms with Gasteiger partial charge in [0, 0.05) is 24.7 Å². The van der Waals surface area contributed by atoms with Crippen LogP contribution in [0.25, 0.3) is 0 Å². The summed E-state index contributed by atoms with van der Waals surface area (Å²) in [6.45, 7) is 3.78. The molecule has 0 saturated heterocycles. The first-order chi connectivity index (χ1) is 12.5. The van der Waals surface area contributed by atoms with Crippen molar-refractivity contribution in [2.45, 2.75) is 26.7 Å². The molecule has 2 N–H and O–H groups in total. The molecule has 0 aliphatic carbocycles. The van der Waals surface area contributed by atoms with Gasteiger partial charge in [0.05, 0.1) is 16.9 Å². The highest BCUT2D eigenvalue weighted by molar-refractivity contribution is 7.12. The lowest BCUT2D eigenvalue weighted by Crippen LogP contribution is -2.32. The van der Waals surface area contributed by atoms with Crippen molar-refractivity contribution < 1.29 is 14.0 Å². The lowest BCUT2D eigenvalue weighted by Gasteiger charge is -2.16. The average molecular weight is 372 g/mol. The van der Waals surface area contributed by atoms with Crippen molar-refractivity contribution >= 4 is 34.6 Å². The van der Waals surface area contributed by atoms with E-state index in [0.717, 1.165) is 28.5 Å². The number of thiophene rings is 1. The van der Waals surface area contributed by atoms with Crippen molar-refractivity contribution in [3.05, 3.63) is 46.5 Å². The van der Waals surface area contributed by atoms with Crippen LogP contribution in [0.3, 0.4) is 0 Å². The molecule has 0 aromatic carbocycles. The Morgan fingerprint density at radius 2 is 1.65 bits per heavy atom. The molecule has 4 rings (SSSR count). The van der Waals surface area contributed by atoms with E-state index in [4.69, 9.17) is 4.42 Å². The molecular weight excluding hydrogens is 352 g/mol. The maximum Gasteiger partial charge on any atom is 0.243 e. The van der Waals surface area contributed by atoms with Gasteiger partial charge in [0.15, 0.2) is 0 Å². The fourth-order valence-corrected chi connectivity index (χ4v) is 3.25. The summed E-state index contributed by atoms with van der Waals surface area (Å²) >= 11 is 1.65. The third kappa shape index (κ3) is 4.26. The maximum absolute atomic E-state index is 11.1. The van der Waals surface area contributed by atoms with Gasteiger partial charge in [-0.3, -0.25) is 9.59 Å². The molecule has 0 saturated carbocycles. The van der Waals surface area contributed by atoms with Crippen molar-refractivity contribution in [3.8, 4) is 0 Å². The van der Waals surface area contributed by atoms with E-state index >= 15 is 0 Å². The van der Waals surface area contributed by atoms with Crippen LogP contribution in [0.5, 0.6) is 0 Å². The molecule has 8 heteroatoms. The molecule has 26 heavy (non-hydrogen) atoms. The van der Waals surface area contributed by atoms with E-state index in [9.17, 15) is 9.59 Å². The summed E-state index contributed by atoms with van der Waals surface area (Å²) in [6, 6.07) is 7.65. The van der Waals surface area contributed by atoms with E-state index in [0.29, 0.717) is 6.42 Å². The fraction of sp³-hybridized carbons (Fsp3) is 0.333. The zero-order chi connectivity index (χ0) is 18.5. The minimum absolute atomic E-state index is 0.0142. The summed E-state index contributed by atoms with van der Waals surface area (Å²) in [5.74, 6) is 0.717. The molecule has 2 atom stereocenters. The monoisotopic (exact) mass is 372 g/mol. The predicted octanol–water partition coefficient (Wildman–Crippen LogP) is 2.75. The maximum atomic E-state index is 11.1. The average Bonchev–Trinajstić information content (AvgIpc) is 3.34. The Labute approximate surface area is 155 Å². The number of hydrazone groups is 2. The zero-order valence-corrected chi connectivity index (χ0v) is 15.4. The summed E-state index contributed by atoms with van der Waals surface area (Å²) in [5.41, 5.74) is 6.78. The first-order valence-corrected chi connectivity index (χ1v) is 9.23. The fourth-order valence-electron chi connectivity index (χ4n) is 2.52. The second kappa shape index (κ2) is 8.09. The van der Waals surface area contributed by atoms with Crippen molar-refractivity contribution in [2.75, 3.05) is 0 Å². The lowest BCUT2D eigenvalue weighted by atomic mass is 10.0. The summed E-state index contributed by atoms with van der Waals surface area (Å²) in [7, 11) is 0. The van der Waals surface area contributed by atoms with Gasteiger partial charge in [-0.05, 0) is 23.6 Å².